The zero-order valence-corrected chi connectivity index (χ0v) is 16.4. The fraction of sp³-hybridized carbons (Fsp3) is 0.0455. The molecule has 0 fully saturated rings. The zero-order chi connectivity index (χ0) is 19.3. The van der Waals surface area contributed by atoms with Crippen LogP contribution in [-0.4, -0.2) is 26.3 Å². The fourth-order valence-electron chi connectivity index (χ4n) is 2.80. The van der Waals surface area contributed by atoms with Crippen molar-refractivity contribution < 1.29 is 4.79 Å². The molecule has 0 atom stereocenters. The third-order valence-corrected chi connectivity index (χ3v) is 5.36. The molecule has 4 rings (SSSR count). The molecular weight excluding hydrogens is 390 g/mol. The van der Waals surface area contributed by atoms with Crippen molar-refractivity contribution in [2.75, 3.05) is 5.75 Å². The zero-order valence-electron chi connectivity index (χ0n) is 14.8. The quantitative estimate of drug-likeness (QED) is 0.311. The number of hydrogen-bond donors (Lipinski definition) is 0. The fourth-order valence-corrected chi connectivity index (χ4v) is 3.77. The number of para-hydroxylation sites is 1. The standard InChI is InChI=1S/C22H16ClN3OS/c23-18-13-11-16(12-14-18)20(27)15-28-22-25-24-21(17-7-3-1-4-8-17)26(22)19-9-5-2-6-10-19/h1-14H,15H2. The molecule has 0 spiro atoms. The van der Waals surface area contributed by atoms with Gasteiger partial charge in [0.2, 0.25) is 0 Å². The molecular formula is C22H16ClN3OS. The summed E-state index contributed by atoms with van der Waals surface area (Å²) in [5.41, 5.74) is 2.55. The minimum atomic E-state index is 0.0190. The van der Waals surface area contributed by atoms with Gasteiger partial charge in [-0.05, 0) is 36.4 Å². The lowest BCUT2D eigenvalue weighted by Crippen LogP contribution is -2.05. The van der Waals surface area contributed by atoms with Crippen molar-refractivity contribution in [2.45, 2.75) is 5.16 Å². The van der Waals surface area contributed by atoms with Crippen molar-refractivity contribution in [1.29, 1.82) is 0 Å². The molecule has 0 saturated heterocycles. The minimum Gasteiger partial charge on any atom is -0.293 e. The molecule has 0 radical (unpaired) electrons. The van der Waals surface area contributed by atoms with Gasteiger partial charge in [0.25, 0.3) is 0 Å². The topological polar surface area (TPSA) is 47.8 Å². The van der Waals surface area contributed by atoms with E-state index in [1.54, 1.807) is 24.3 Å². The van der Waals surface area contributed by atoms with Crippen LogP contribution in [0.3, 0.4) is 0 Å². The summed E-state index contributed by atoms with van der Waals surface area (Å²) in [6.07, 6.45) is 0. The molecule has 3 aromatic carbocycles. The van der Waals surface area contributed by atoms with Gasteiger partial charge < -0.3 is 0 Å². The van der Waals surface area contributed by atoms with Crippen LogP contribution >= 0.6 is 23.4 Å². The van der Waals surface area contributed by atoms with Gasteiger partial charge in [-0.25, -0.2) is 0 Å². The van der Waals surface area contributed by atoms with Crippen LogP contribution in [0, 0.1) is 0 Å². The Morgan fingerprint density at radius 1 is 0.857 bits per heavy atom. The van der Waals surface area contributed by atoms with E-state index in [0.29, 0.717) is 15.7 Å². The molecule has 0 aliphatic carbocycles. The largest absolute Gasteiger partial charge is 0.293 e. The van der Waals surface area contributed by atoms with Crippen molar-refractivity contribution in [2.24, 2.45) is 0 Å². The molecule has 0 amide bonds. The highest BCUT2D eigenvalue weighted by molar-refractivity contribution is 7.99. The molecule has 1 aromatic heterocycles. The van der Waals surface area contributed by atoms with Crippen LogP contribution in [0.15, 0.2) is 90.1 Å². The second-order valence-corrected chi connectivity index (χ2v) is 7.44. The maximum Gasteiger partial charge on any atom is 0.196 e. The van der Waals surface area contributed by atoms with Crippen LogP contribution in [0.5, 0.6) is 0 Å². The summed E-state index contributed by atoms with van der Waals surface area (Å²) in [4.78, 5) is 12.5. The molecule has 28 heavy (non-hydrogen) atoms. The predicted octanol–water partition coefficient (Wildman–Crippen LogP) is 5.56. The van der Waals surface area contributed by atoms with Crippen LogP contribution in [0.2, 0.25) is 5.02 Å². The average molecular weight is 406 g/mol. The van der Waals surface area contributed by atoms with Gasteiger partial charge in [0.05, 0.1) is 5.75 Å². The third kappa shape index (κ3) is 4.01. The predicted molar refractivity (Wildman–Crippen MR) is 113 cm³/mol. The first kappa shape index (κ1) is 18.5. The highest BCUT2D eigenvalue weighted by atomic mass is 35.5. The highest BCUT2D eigenvalue weighted by Gasteiger charge is 2.17. The van der Waals surface area contributed by atoms with Gasteiger partial charge in [0.1, 0.15) is 0 Å². The number of hydrogen-bond acceptors (Lipinski definition) is 4. The monoisotopic (exact) mass is 405 g/mol. The Morgan fingerprint density at radius 2 is 1.50 bits per heavy atom. The first-order chi connectivity index (χ1) is 13.7. The SMILES string of the molecule is O=C(CSc1nnc(-c2ccccc2)n1-c1ccccc1)c1ccc(Cl)cc1. The molecule has 6 heteroatoms. The molecule has 0 aliphatic heterocycles. The van der Waals surface area contributed by atoms with E-state index in [1.165, 1.54) is 11.8 Å². The summed E-state index contributed by atoms with van der Waals surface area (Å²) < 4.78 is 1.98. The van der Waals surface area contributed by atoms with E-state index in [9.17, 15) is 4.79 Å². The molecule has 4 aromatic rings. The summed E-state index contributed by atoms with van der Waals surface area (Å²) in [5.74, 6) is 1.03. The van der Waals surface area contributed by atoms with Crippen molar-refractivity contribution in [1.82, 2.24) is 14.8 Å². The minimum absolute atomic E-state index is 0.0190. The number of rotatable bonds is 6. The number of nitrogens with zero attached hydrogens (tertiary/aromatic N) is 3. The van der Waals surface area contributed by atoms with E-state index < -0.39 is 0 Å². The van der Waals surface area contributed by atoms with E-state index in [-0.39, 0.29) is 11.5 Å². The van der Waals surface area contributed by atoms with E-state index >= 15 is 0 Å². The van der Waals surface area contributed by atoms with Crippen LogP contribution in [0.1, 0.15) is 10.4 Å². The van der Waals surface area contributed by atoms with Crippen LogP contribution in [-0.2, 0) is 0 Å². The maximum atomic E-state index is 12.5. The molecule has 138 valence electrons. The molecule has 0 unspecified atom stereocenters. The Bertz CT molecular complexity index is 1080. The number of carbonyl (C=O) groups is 1. The van der Waals surface area contributed by atoms with Gasteiger partial charge in [-0.3, -0.25) is 9.36 Å². The summed E-state index contributed by atoms with van der Waals surface area (Å²) in [6.45, 7) is 0. The van der Waals surface area contributed by atoms with E-state index in [2.05, 4.69) is 10.2 Å². The first-order valence-corrected chi connectivity index (χ1v) is 10.1. The van der Waals surface area contributed by atoms with Gasteiger partial charge >= 0.3 is 0 Å². The van der Waals surface area contributed by atoms with Gasteiger partial charge in [0.15, 0.2) is 16.8 Å². The Balaban J connectivity index is 1.65. The number of ketones is 1. The highest BCUT2D eigenvalue weighted by Crippen LogP contribution is 2.28. The summed E-state index contributed by atoms with van der Waals surface area (Å²) in [7, 11) is 0. The molecule has 0 bridgehead atoms. The first-order valence-electron chi connectivity index (χ1n) is 8.70. The van der Waals surface area contributed by atoms with E-state index in [4.69, 9.17) is 11.6 Å². The third-order valence-electron chi connectivity index (χ3n) is 4.18. The number of Topliss-reactive ketones (excluding diaryl/α,β-unsaturated/α-hetero) is 1. The van der Waals surface area contributed by atoms with Crippen LogP contribution in [0.4, 0.5) is 0 Å². The van der Waals surface area contributed by atoms with Crippen molar-refractivity contribution in [3.05, 3.63) is 95.5 Å². The number of halogens is 1. The van der Waals surface area contributed by atoms with E-state index in [1.807, 2.05) is 65.2 Å². The Kier molecular flexibility index (Phi) is 5.55. The Hall–Kier alpha value is -2.89. The lowest BCUT2D eigenvalue weighted by atomic mass is 10.1. The normalized spacial score (nSPS) is 10.8. The molecule has 0 saturated carbocycles. The maximum absolute atomic E-state index is 12.5. The molecule has 4 nitrogen and oxygen atoms in total. The van der Waals surface area contributed by atoms with Gasteiger partial charge in [-0.15, -0.1) is 10.2 Å². The molecule has 0 aliphatic rings. The average Bonchev–Trinajstić information content (AvgIpc) is 3.18. The summed E-state index contributed by atoms with van der Waals surface area (Å²) in [5, 5.41) is 10.0. The smallest absolute Gasteiger partial charge is 0.196 e. The second-order valence-electron chi connectivity index (χ2n) is 6.06. The number of benzene rings is 3. The van der Waals surface area contributed by atoms with Crippen molar-refractivity contribution in [3.8, 4) is 17.1 Å². The lowest BCUT2D eigenvalue weighted by Gasteiger charge is -2.10. The lowest BCUT2D eigenvalue weighted by molar-refractivity contribution is 0.102. The second kappa shape index (κ2) is 8.42. The van der Waals surface area contributed by atoms with Gasteiger partial charge in [-0.1, -0.05) is 71.9 Å². The summed E-state index contributed by atoms with van der Waals surface area (Å²) >= 11 is 7.27. The number of carbonyl (C=O) groups excluding carboxylic acids is 1. The van der Waals surface area contributed by atoms with Crippen molar-refractivity contribution >= 4 is 29.1 Å². The van der Waals surface area contributed by atoms with Crippen molar-refractivity contribution in [3.63, 3.8) is 0 Å². The number of thioether (sulfide) groups is 1. The van der Waals surface area contributed by atoms with Gasteiger partial charge in [-0.2, -0.15) is 0 Å². The van der Waals surface area contributed by atoms with Gasteiger partial charge in [0, 0.05) is 21.8 Å². The molecule has 1 heterocycles. The summed E-state index contributed by atoms with van der Waals surface area (Å²) in [6, 6.07) is 26.7. The molecule has 0 N–H and O–H groups in total. The number of aromatic nitrogens is 3. The van der Waals surface area contributed by atoms with Crippen LogP contribution < -0.4 is 0 Å². The van der Waals surface area contributed by atoms with E-state index in [0.717, 1.165) is 17.1 Å². The Labute approximate surface area is 172 Å². The Morgan fingerprint density at radius 3 is 2.18 bits per heavy atom. The van der Waals surface area contributed by atoms with Crippen LogP contribution in [0.25, 0.3) is 17.1 Å².